The highest BCUT2D eigenvalue weighted by Crippen LogP contribution is 2.26. The molecule has 0 aromatic heterocycles. The fourth-order valence-electron chi connectivity index (χ4n) is 1.77. The van der Waals surface area contributed by atoms with Crippen LogP contribution in [0.3, 0.4) is 0 Å². The summed E-state index contributed by atoms with van der Waals surface area (Å²) in [5.41, 5.74) is 1.82. The summed E-state index contributed by atoms with van der Waals surface area (Å²) in [7, 11) is 1.86. The fraction of sp³-hybridized carbons (Fsp3) is 0.533. The number of hydrogen-bond donors (Lipinski definition) is 0. The highest BCUT2D eigenvalue weighted by atomic mass is 16.2. The standard InChI is InChI=1S/C15H23NO/c1-11(2)16(6)14(17)15(4,5)13-9-7-12(3)8-10-13/h7-11H,1-6H3. The second kappa shape index (κ2) is 4.91. The zero-order chi connectivity index (χ0) is 13.2. The monoisotopic (exact) mass is 233 g/mol. The van der Waals surface area contributed by atoms with Crippen LogP contribution in [0.25, 0.3) is 0 Å². The molecule has 0 saturated heterocycles. The molecule has 0 radical (unpaired) electrons. The largest absolute Gasteiger partial charge is 0.343 e. The molecule has 0 saturated carbocycles. The number of benzene rings is 1. The SMILES string of the molecule is Cc1ccc(C(C)(C)C(=O)N(C)C(C)C)cc1. The Balaban J connectivity index is 3.02. The van der Waals surface area contributed by atoms with Gasteiger partial charge in [-0.15, -0.1) is 0 Å². The predicted octanol–water partition coefficient (Wildman–Crippen LogP) is 3.14. The van der Waals surface area contributed by atoms with Crippen LogP contribution in [0.5, 0.6) is 0 Å². The Bertz CT molecular complexity index is 390. The zero-order valence-electron chi connectivity index (χ0n) is 11.7. The average Bonchev–Trinajstić information content (AvgIpc) is 2.27. The molecule has 1 rings (SSSR count). The Labute approximate surface area is 105 Å². The molecule has 0 N–H and O–H groups in total. The number of carbonyl (C=O) groups excluding carboxylic acids is 1. The molecule has 0 fully saturated rings. The van der Waals surface area contributed by atoms with Crippen LogP contribution >= 0.6 is 0 Å². The van der Waals surface area contributed by atoms with Crippen molar-refractivity contribution < 1.29 is 4.79 Å². The summed E-state index contributed by atoms with van der Waals surface area (Å²) >= 11 is 0. The molecule has 2 nitrogen and oxygen atoms in total. The van der Waals surface area contributed by atoms with E-state index in [9.17, 15) is 4.79 Å². The van der Waals surface area contributed by atoms with Crippen molar-refractivity contribution >= 4 is 5.91 Å². The smallest absolute Gasteiger partial charge is 0.232 e. The molecular formula is C15H23NO. The van der Waals surface area contributed by atoms with E-state index in [0.717, 1.165) is 5.56 Å². The molecular weight excluding hydrogens is 210 g/mol. The van der Waals surface area contributed by atoms with Crippen molar-refractivity contribution in [1.29, 1.82) is 0 Å². The van der Waals surface area contributed by atoms with Gasteiger partial charge in [0.05, 0.1) is 5.41 Å². The summed E-state index contributed by atoms with van der Waals surface area (Å²) < 4.78 is 0. The van der Waals surface area contributed by atoms with E-state index in [1.165, 1.54) is 5.56 Å². The minimum atomic E-state index is -0.466. The van der Waals surface area contributed by atoms with E-state index in [0.29, 0.717) is 0 Å². The molecule has 0 bridgehead atoms. The van der Waals surface area contributed by atoms with Crippen molar-refractivity contribution in [2.24, 2.45) is 0 Å². The second-order valence-corrected chi connectivity index (χ2v) is 5.50. The number of rotatable bonds is 3. The highest BCUT2D eigenvalue weighted by Gasteiger charge is 2.32. The Kier molecular flexibility index (Phi) is 3.97. The number of aryl methyl sites for hydroxylation is 1. The first-order valence-corrected chi connectivity index (χ1v) is 6.11. The van der Waals surface area contributed by atoms with Crippen molar-refractivity contribution in [2.75, 3.05) is 7.05 Å². The Hall–Kier alpha value is -1.31. The summed E-state index contributed by atoms with van der Waals surface area (Å²) in [5.74, 6) is 0.163. The summed E-state index contributed by atoms with van der Waals surface area (Å²) in [4.78, 5) is 14.2. The molecule has 2 heteroatoms. The van der Waals surface area contributed by atoms with Crippen LogP contribution in [0, 0.1) is 6.92 Å². The lowest BCUT2D eigenvalue weighted by Crippen LogP contribution is -2.44. The van der Waals surface area contributed by atoms with E-state index in [1.807, 2.05) is 46.9 Å². The third-order valence-corrected chi connectivity index (χ3v) is 3.40. The van der Waals surface area contributed by atoms with Crippen molar-refractivity contribution in [3.8, 4) is 0 Å². The topological polar surface area (TPSA) is 20.3 Å². The van der Waals surface area contributed by atoms with Crippen LogP contribution < -0.4 is 0 Å². The maximum absolute atomic E-state index is 12.4. The van der Waals surface area contributed by atoms with Gasteiger partial charge < -0.3 is 4.90 Å². The molecule has 0 aliphatic heterocycles. The molecule has 0 atom stereocenters. The van der Waals surface area contributed by atoms with Crippen LogP contribution in [-0.4, -0.2) is 23.9 Å². The summed E-state index contributed by atoms with van der Waals surface area (Å²) in [6.45, 7) is 10.1. The first-order valence-electron chi connectivity index (χ1n) is 6.11. The van der Waals surface area contributed by atoms with Crippen LogP contribution in [0.1, 0.15) is 38.8 Å². The fourth-order valence-corrected chi connectivity index (χ4v) is 1.77. The van der Waals surface area contributed by atoms with E-state index in [-0.39, 0.29) is 11.9 Å². The Morgan fingerprint density at radius 1 is 1.18 bits per heavy atom. The predicted molar refractivity (Wildman–Crippen MR) is 72.1 cm³/mol. The average molecular weight is 233 g/mol. The number of carbonyl (C=O) groups is 1. The van der Waals surface area contributed by atoms with E-state index in [1.54, 1.807) is 4.90 Å². The molecule has 94 valence electrons. The third kappa shape index (κ3) is 2.87. The zero-order valence-corrected chi connectivity index (χ0v) is 11.7. The van der Waals surface area contributed by atoms with E-state index >= 15 is 0 Å². The van der Waals surface area contributed by atoms with Crippen LogP contribution in [-0.2, 0) is 10.2 Å². The van der Waals surface area contributed by atoms with Gasteiger partial charge in [-0.2, -0.15) is 0 Å². The quantitative estimate of drug-likeness (QED) is 0.785. The van der Waals surface area contributed by atoms with E-state index in [2.05, 4.69) is 19.1 Å². The first-order chi connectivity index (χ1) is 7.76. The maximum atomic E-state index is 12.4. The van der Waals surface area contributed by atoms with Gasteiger partial charge in [0.25, 0.3) is 0 Å². The first kappa shape index (κ1) is 13.8. The van der Waals surface area contributed by atoms with Gasteiger partial charge >= 0.3 is 0 Å². The minimum Gasteiger partial charge on any atom is -0.343 e. The molecule has 0 aliphatic carbocycles. The molecule has 0 aliphatic rings. The third-order valence-electron chi connectivity index (χ3n) is 3.40. The van der Waals surface area contributed by atoms with Gasteiger partial charge in [-0.1, -0.05) is 29.8 Å². The van der Waals surface area contributed by atoms with Gasteiger partial charge in [0, 0.05) is 13.1 Å². The van der Waals surface area contributed by atoms with Gasteiger partial charge in [0.2, 0.25) is 5.91 Å². The van der Waals surface area contributed by atoms with Crippen molar-refractivity contribution in [1.82, 2.24) is 4.90 Å². The van der Waals surface area contributed by atoms with Crippen LogP contribution in [0.15, 0.2) is 24.3 Å². The summed E-state index contributed by atoms with van der Waals surface area (Å²) in [5, 5.41) is 0. The Morgan fingerprint density at radius 2 is 1.65 bits per heavy atom. The van der Waals surface area contributed by atoms with Gasteiger partial charge in [-0.05, 0) is 40.2 Å². The lowest BCUT2D eigenvalue weighted by atomic mass is 9.82. The van der Waals surface area contributed by atoms with Crippen molar-refractivity contribution in [2.45, 2.75) is 46.1 Å². The number of amides is 1. The maximum Gasteiger partial charge on any atom is 0.232 e. The lowest BCUT2D eigenvalue weighted by Gasteiger charge is -2.32. The van der Waals surface area contributed by atoms with E-state index in [4.69, 9.17) is 0 Å². The van der Waals surface area contributed by atoms with Gasteiger partial charge in [0.15, 0.2) is 0 Å². The molecule has 17 heavy (non-hydrogen) atoms. The van der Waals surface area contributed by atoms with Gasteiger partial charge in [0.1, 0.15) is 0 Å². The van der Waals surface area contributed by atoms with Crippen molar-refractivity contribution in [3.63, 3.8) is 0 Å². The lowest BCUT2D eigenvalue weighted by molar-refractivity contribution is -0.136. The molecule has 0 unspecified atom stereocenters. The van der Waals surface area contributed by atoms with Gasteiger partial charge in [-0.3, -0.25) is 4.79 Å². The van der Waals surface area contributed by atoms with Crippen molar-refractivity contribution in [3.05, 3.63) is 35.4 Å². The van der Waals surface area contributed by atoms with Crippen LogP contribution in [0.4, 0.5) is 0 Å². The van der Waals surface area contributed by atoms with Gasteiger partial charge in [-0.25, -0.2) is 0 Å². The molecule has 1 aromatic rings. The highest BCUT2D eigenvalue weighted by molar-refractivity contribution is 5.87. The number of likely N-dealkylation sites (N-methyl/N-ethyl adjacent to an activating group) is 1. The minimum absolute atomic E-state index is 0.163. The summed E-state index contributed by atoms with van der Waals surface area (Å²) in [6, 6.07) is 8.43. The Morgan fingerprint density at radius 3 is 2.06 bits per heavy atom. The number of nitrogens with zero attached hydrogens (tertiary/aromatic N) is 1. The second-order valence-electron chi connectivity index (χ2n) is 5.50. The molecule has 0 spiro atoms. The number of hydrogen-bond acceptors (Lipinski definition) is 1. The molecule has 0 heterocycles. The summed E-state index contributed by atoms with van der Waals surface area (Å²) in [6.07, 6.45) is 0. The normalized spacial score (nSPS) is 11.7. The molecule has 1 amide bonds. The van der Waals surface area contributed by atoms with Crippen LogP contribution in [0.2, 0.25) is 0 Å². The molecule has 1 aromatic carbocycles. The van der Waals surface area contributed by atoms with E-state index < -0.39 is 5.41 Å².